The summed E-state index contributed by atoms with van der Waals surface area (Å²) >= 11 is 0. The molecule has 2 atom stereocenters. The van der Waals surface area contributed by atoms with Gasteiger partial charge in [-0.15, -0.1) is 0 Å². The second kappa shape index (κ2) is 4.37. The van der Waals surface area contributed by atoms with Crippen molar-refractivity contribution < 1.29 is 9.90 Å². The quantitative estimate of drug-likeness (QED) is 0.713. The zero-order chi connectivity index (χ0) is 12.6. The Morgan fingerprint density at radius 3 is 2.72 bits per heavy atom. The molecule has 2 aliphatic rings. The minimum absolute atomic E-state index is 0.0733. The second-order valence-corrected chi connectivity index (χ2v) is 5.41. The largest absolute Gasteiger partial charge is 0.385 e. The summed E-state index contributed by atoms with van der Waals surface area (Å²) in [4.78, 5) is 11.9. The Hall–Kier alpha value is -1.39. The predicted molar refractivity (Wildman–Crippen MR) is 68.1 cm³/mol. The predicted octanol–water partition coefficient (Wildman–Crippen LogP) is 0.241. The zero-order valence-electron chi connectivity index (χ0n) is 10.2. The normalized spacial score (nSPS) is 28.3. The minimum atomic E-state index is -0.729. The first-order valence-corrected chi connectivity index (χ1v) is 6.44. The number of amides is 1. The molecule has 1 saturated carbocycles. The molecule has 18 heavy (non-hydrogen) atoms. The number of carbonyl (C=O) groups excluding carboxylic acids is 1. The lowest BCUT2D eigenvalue weighted by Crippen LogP contribution is -2.64. The number of carbonyl (C=O) groups is 1. The monoisotopic (exact) mass is 246 g/mol. The highest BCUT2D eigenvalue weighted by atomic mass is 16.3. The summed E-state index contributed by atoms with van der Waals surface area (Å²) in [5, 5.41) is 15.7. The molecule has 2 unspecified atom stereocenters. The van der Waals surface area contributed by atoms with Gasteiger partial charge in [-0.3, -0.25) is 4.79 Å². The van der Waals surface area contributed by atoms with E-state index in [2.05, 4.69) is 22.8 Å². The highest BCUT2D eigenvalue weighted by Gasteiger charge is 2.44. The lowest BCUT2D eigenvalue weighted by atomic mass is 9.97. The fourth-order valence-electron chi connectivity index (χ4n) is 2.47. The van der Waals surface area contributed by atoms with Crippen molar-refractivity contribution in [1.82, 2.24) is 10.6 Å². The van der Waals surface area contributed by atoms with Gasteiger partial charge >= 0.3 is 0 Å². The molecule has 1 saturated heterocycles. The van der Waals surface area contributed by atoms with Crippen LogP contribution in [0.5, 0.6) is 0 Å². The third-order valence-electron chi connectivity index (χ3n) is 3.85. The molecule has 1 aliphatic heterocycles. The van der Waals surface area contributed by atoms with E-state index < -0.39 is 5.60 Å². The summed E-state index contributed by atoms with van der Waals surface area (Å²) in [6.45, 7) is 1.50. The Balaban J connectivity index is 1.50. The van der Waals surface area contributed by atoms with Crippen LogP contribution in [0.3, 0.4) is 0 Å². The number of hydrogen-bond acceptors (Lipinski definition) is 3. The number of nitrogens with one attached hydrogen (secondary N) is 2. The Morgan fingerprint density at radius 1 is 1.39 bits per heavy atom. The third-order valence-corrected chi connectivity index (χ3v) is 3.85. The van der Waals surface area contributed by atoms with Gasteiger partial charge in [0.15, 0.2) is 0 Å². The van der Waals surface area contributed by atoms with Gasteiger partial charge in [0.05, 0.1) is 0 Å². The molecule has 1 aromatic rings. The Morgan fingerprint density at radius 2 is 2.11 bits per heavy atom. The summed E-state index contributed by atoms with van der Waals surface area (Å²) in [6.07, 6.45) is 0.923. The van der Waals surface area contributed by atoms with Gasteiger partial charge in [-0.2, -0.15) is 0 Å². The zero-order valence-corrected chi connectivity index (χ0v) is 10.2. The highest BCUT2D eigenvalue weighted by molar-refractivity contribution is 5.83. The number of aliphatic hydroxyl groups is 1. The average molecular weight is 246 g/mol. The van der Waals surface area contributed by atoms with Crippen LogP contribution in [0.1, 0.15) is 17.9 Å². The van der Waals surface area contributed by atoms with Crippen LogP contribution in [-0.4, -0.2) is 36.2 Å². The topological polar surface area (TPSA) is 61.4 Å². The van der Waals surface area contributed by atoms with Gasteiger partial charge in [-0.1, -0.05) is 30.3 Å². The molecular formula is C14H18N2O2. The van der Waals surface area contributed by atoms with E-state index in [1.807, 2.05) is 18.2 Å². The first-order valence-electron chi connectivity index (χ1n) is 6.44. The van der Waals surface area contributed by atoms with Crippen LogP contribution in [0.2, 0.25) is 0 Å². The molecule has 4 heteroatoms. The second-order valence-electron chi connectivity index (χ2n) is 5.41. The van der Waals surface area contributed by atoms with Gasteiger partial charge in [0.1, 0.15) is 5.60 Å². The molecule has 2 fully saturated rings. The van der Waals surface area contributed by atoms with Gasteiger partial charge in [0.2, 0.25) is 5.91 Å². The summed E-state index contributed by atoms with van der Waals surface area (Å²) in [5.74, 6) is 0.522. The Bertz CT molecular complexity index is 442. The molecule has 4 nitrogen and oxygen atoms in total. The summed E-state index contributed by atoms with van der Waals surface area (Å²) in [7, 11) is 0. The number of hydrogen-bond donors (Lipinski definition) is 3. The van der Waals surface area contributed by atoms with Gasteiger partial charge in [-0.05, 0) is 17.9 Å². The van der Waals surface area contributed by atoms with Gasteiger partial charge < -0.3 is 15.7 Å². The van der Waals surface area contributed by atoms with E-state index in [1.165, 1.54) is 5.56 Å². The van der Waals surface area contributed by atoms with E-state index in [4.69, 9.17) is 0 Å². The van der Waals surface area contributed by atoms with Crippen molar-refractivity contribution in [2.24, 2.45) is 5.92 Å². The first-order chi connectivity index (χ1) is 8.68. The lowest BCUT2D eigenvalue weighted by molar-refractivity contribution is -0.124. The fraction of sp³-hybridized carbons (Fsp3) is 0.500. The molecule has 0 spiro atoms. The molecule has 1 aliphatic carbocycles. The van der Waals surface area contributed by atoms with Gasteiger partial charge in [0, 0.05) is 25.6 Å². The molecule has 1 amide bonds. The molecule has 0 bridgehead atoms. The Labute approximate surface area is 106 Å². The molecule has 1 heterocycles. The van der Waals surface area contributed by atoms with E-state index in [9.17, 15) is 9.90 Å². The molecular weight excluding hydrogens is 228 g/mol. The van der Waals surface area contributed by atoms with Crippen molar-refractivity contribution in [3.05, 3.63) is 35.9 Å². The van der Waals surface area contributed by atoms with Crippen molar-refractivity contribution in [3.8, 4) is 0 Å². The van der Waals surface area contributed by atoms with Gasteiger partial charge in [0.25, 0.3) is 0 Å². The van der Waals surface area contributed by atoms with Crippen LogP contribution < -0.4 is 10.6 Å². The number of rotatable bonds is 4. The number of β-amino-alcohol motifs (C(OH)–C–C–N with tert-alkyl or cyclic N) is 1. The Kier molecular flexibility index (Phi) is 2.84. The van der Waals surface area contributed by atoms with Crippen LogP contribution in [0.15, 0.2) is 30.3 Å². The standard InChI is InChI=1S/C14H18N2O2/c17-13(16-9-14(18)7-15-8-14)12-6-11(12)10-4-2-1-3-5-10/h1-5,11-12,15,18H,6-9H2,(H,16,17). The minimum Gasteiger partial charge on any atom is -0.385 e. The van der Waals surface area contributed by atoms with Crippen molar-refractivity contribution in [2.75, 3.05) is 19.6 Å². The molecule has 1 aromatic carbocycles. The van der Waals surface area contributed by atoms with E-state index in [0.29, 0.717) is 25.6 Å². The summed E-state index contributed by atoms with van der Waals surface area (Å²) < 4.78 is 0. The fourth-order valence-corrected chi connectivity index (χ4v) is 2.47. The van der Waals surface area contributed by atoms with Crippen LogP contribution in [0.25, 0.3) is 0 Å². The van der Waals surface area contributed by atoms with E-state index in [-0.39, 0.29) is 11.8 Å². The molecule has 0 radical (unpaired) electrons. The molecule has 3 N–H and O–H groups in total. The van der Waals surface area contributed by atoms with E-state index >= 15 is 0 Å². The van der Waals surface area contributed by atoms with Crippen LogP contribution in [0.4, 0.5) is 0 Å². The van der Waals surface area contributed by atoms with Crippen LogP contribution in [0, 0.1) is 5.92 Å². The smallest absolute Gasteiger partial charge is 0.223 e. The molecule has 0 aromatic heterocycles. The number of benzene rings is 1. The van der Waals surface area contributed by atoms with Crippen molar-refractivity contribution in [2.45, 2.75) is 17.9 Å². The van der Waals surface area contributed by atoms with Crippen LogP contribution >= 0.6 is 0 Å². The van der Waals surface area contributed by atoms with Crippen LogP contribution in [-0.2, 0) is 4.79 Å². The first kappa shape index (κ1) is 11.7. The highest BCUT2D eigenvalue weighted by Crippen LogP contribution is 2.47. The van der Waals surface area contributed by atoms with E-state index in [1.54, 1.807) is 0 Å². The summed E-state index contributed by atoms with van der Waals surface area (Å²) in [6, 6.07) is 10.1. The van der Waals surface area contributed by atoms with Crippen molar-refractivity contribution >= 4 is 5.91 Å². The average Bonchev–Trinajstić information content (AvgIpc) is 3.15. The third kappa shape index (κ3) is 2.26. The van der Waals surface area contributed by atoms with Crippen molar-refractivity contribution in [1.29, 1.82) is 0 Å². The SMILES string of the molecule is O=C(NCC1(O)CNC1)C1CC1c1ccccc1. The summed E-state index contributed by atoms with van der Waals surface area (Å²) in [5.41, 5.74) is 0.508. The van der Waals surface area contributed by atoms with Gasteiger partial charge in [-0.25, -0.2) is 0 Å². The maximum absolute atomic E-state index is 11.9. The molecule has 3 rings (SSSR count). The maximum atomic E-state index is 11.9. The maximum Gasteiger partial charge on any atom is 0.223 e. The molecule has 96 valence electrons. The van der Waals surface area contributed by atoms with Crippen molar-refractivity contribution in [3.63, 3.8) is 0 Å². The van der Waals surface area contributed by atoms with E-state index in [0.717, 1.165) is 6.42 Å². The lowest BCUT2D eigenvalue weighted by Gasteiger charge is -2.37.